The summed E-state index contributed by atoms with van der Waals surface area (Å²) in [6, 6.07) is 14.3. The third-order valence-corrected chi connectivity index (χ3v) is 5.73. The third-order valence-electron chi connectivity index (χ3n) is 5.73. The smallest absolute Gasteiger partial charge is 0.490 e. The number of anilines is 1. The molecule has 3 aromatic rings. The fourth-order valence-electron chi connectivity index (χ4n) is 4.14. The zero-order chi connectivity index (χ0) is 24.5. The summed E-state index contributed by atoms with van der Waals surface area (Å²) >= 11 is 0. The molecule has 0 spiro atoms. The van der Waals surface area contributed by atoms with E-state index in [1.807, 2.05) is 11.0 Å². The van der Waals surface area contributed by atoms with Crippen molar-refractivity contribution in [3.63, 3.8) is 0 Å². The van der Waals surface area contributed by atoms with E-state index < -0.39 is 11.9 Å². The van der Waals surface area contributed by atoms with E-state index in [1.165, 1.54) is 28.8 Å². The van der Waals surface area contributed by atoms with Gasteiger partial charge in [-0.3, -0.25) is 4.79 Å². The van der Waals surface area contributed by atoms with Gasteiger partial charge in [0, 0.05) is 38.4 Å². The first-order valence-electron chi connectivity index (χ1n) is 10.4. The maximum atomic E-state index is 12.8. The van der Waals surface area contributed by atoms with Crippen molar-refractivity contribution in [2.24, 2.45) is 7.05 Å². The Kier molecular flexibility index (Phi) is 6.08. The summed E-state index contributed by atoms with van der Waals surface area (Å²) < 4.78 is 48.1. The molecule has 0 atom stereocenters. The SMILES string of the molecule is Cn1c(=O)c(C#N)c(N2CCC(Oc3ccc(OC(F)(F)F)cc3)CC2)c2cc(C#N)ccc21. The number of hydrogen-bond acceptors (Lipinski definition) is 6. The molecule has 0 bridgehead atoms. The topological polar surface area (TPSA) is 91.3 Å². The fraction of sp³-hybridized carbons (Fsp3) is 0.292. The average Bonchev–Trinajstić information content (AvgIpc) is 2.82. The molecule has 0 aliphatic carbocycles. The van der Waals surface area contributed by atoms with E-state index in [-0.39, 0.29) is 17.4 Å². The highest BCUT2D eigenvalue weighted by atomic mass is 19.4. The van der Waals surface area contributed by atoms with Crippen LogP contribution in [0.25, 0.3) is 10.9 Å². The van der Waals surface area contributed by atoms with Crippen LogP contribution in [-0.4, -0.2) is 30.1 Å². The first kappa shape index (κ1) is 23.0. The number of halogens is 3. The Bertz CT molecular complexity index is 1360. The molecular formula is C24H19F3N4O3. The maximum Gasteiger partial charge on any atom is 0.573 e. The van der Waals surface area contributed by atoms with Gasteiger partial charge >= 0.3 is 6.36 Å². The highest BCUT2D eigenvalue weighted by Gasteiger charge is 2.31. The van der Waals surface area contributed by atoms with Gasteiger partial charge in [-0.1, -0.05) is 0 Å². The number of nitriles is 2. The van der Waals surface area contributed by atoms with E-state index in [9.17, 15) is 28.5 Å². The van der Waals surface area contributed by atoms with Crippen molar-refractivity contribution >= 4 is 16.6 Å². The number of fused-ring (bicyclic) bond motifs is 1. The number of pyridine rings is 1. The molecule has 4 rings (SSSR count). The minimum absolute atomic E-state index is 0.0183. The lowest BCUT2D eigenvalue weighted by Crippen LogP contribution is -2.40. The van der Waals surface area contributed by atoms with Crippen LogP contribution in [0.4, 0.5) is 18.9 Å². The molecule has 0 unspecified atom stereocenters. The summed E-state index contributed by atoms with van der Waals surface area (Å²) in [5.74, 6) is 0.0938. The van der Waals surface area contributed by atoms with Crippen molar-refractivity contribution in [3.05, 3.63) is 63.9 Å². The van der Waals surface area contributed by atoms with Crippen LogP contribution in [0.5, 0.6) is 11.5 Å². The number of alkyl halides is 3. The molecule has 0 radical (unpaired) electrons. The standard InChI is InChI=1S/C24H19F3N4O3/c1-30-21-7-2-15(13-28)12-19(21)22(20(14-29)23(30)32)31-10-8-17(9-11-31)33-16-3-5-18(6-4-16)34-24(25,26)27/h2-7,12,17H,8-11H2,1H3. The van der Waals surface area contributed by atoms with Gasteiger partial charge < -0.3 is 18.9 Å². The van der Waals surface area contributed by atoms with Crippen LogP contribution in [0.15, 0.2) is 47.3 Å². The van der Waals surface area contributed by atoms with Gasteiger partial charge in [0.2, 0.25) is 0 Å². The molecule has 0 N–H and O–H groups in total. The zero-order valence-electron chi connectivity index (χ0n) is 18.1. The molecule has 1 aliphatic rings. The van der Waals surface area contributed by atoms with Gasteiger partial charge in [-0.25, -0.2) is 0 Å². The summed E-state index contributed by atoms with van der Waals surface area (Å²) in [6.07, 6.45) is -3.81. The molecule has 1 saturated heterocycles. The Hall–Kier alpha value is -4.18. The molecule has 2 heterocycles. The lowest BCUT2D eigenvalue weighted by atomic mass is 10.0. The molecule has 174 valence electrons. The van der Waals surface area contributed by atoms with Crippen LogP contribution < -0.4 is 19.9 Å². The number of rotatable bonds is 4. The van der Waals surface area contributed by atoms with Crippen LogP contribution in [-0.2, 0) is 7.05 Å². The lowest BCUT2D eigenvalue weighted by molar-refractivity contribution is -0.274. The first-order valence-corrected chi connectivity index (χ1v) is 10.4. The second-order valence-corrected chi connectivity index (χ2v) is 7.87. The van der Waals surface area contributed by atoms with E-state index in [1.54, 1.807) is 25.2 Å². The molecule has 0 amide bonds. The number of ether oxygens (including phenoxy) is 2. The largest absolute Gasteiger partial charge is 0.573 e. The summed E-state index contributed by atoms with van der Waals surface area (Å²) in [4.78, 5) is 14.7. The third kappa shape index (κ3) is 4.62. The van der Waals surface area contributed by atoms with Crippen molar-refractivity contribution < 1.29 is 22.6 Å². The van der Waals surface area contributed by atoms with E-state index in [0.29, 0.717) is 53.8 Å². The Morgan fingerprint density at radius 1 is 1.00 bits per heavy atom. The molecule has 1 fully saturated rings. The maximum absolute atomic E-state index is 12.8. The van der Waals surface area contributed by atoms with Crippen molar-refractivity contribution in [2.75, 3.05) is 18.0 Å². The molecule has 1 aromatic heterocycles. The van der Waals surface area contributed by atoms with Gasteiger partial charge in [0.25, 0.3) is 5.56 Å². The van der Waals surface area contributed by atoms with Crippen molar-refractivity contribution in [1.82, 2.24) is 4.57 Å². The minimum atomic E-state index is -4.76. The number of piperidine rings is 1. The van der Waals surface area contributed by atoms with E-state index in [2.05, 4.69) is 10.8 Å². The Morgan fingerprint density at radius 2 is 1.65 bits per heavy atom. The number of aromatic nitrogens is 1. The second-order valence-electron chi connectivity index (χ2n) is 7.87. The Balaban J connectivity index is 1.54. The average molecular weight is 468 g/mol. The summed E-state index contributed by atoms with van der Waals surface area (Å²) in [6.45, 7) is 0.987. The predicted molar refractivity (Wildman–Crippen MR) is 118 cm³/mol. The van der Waals surface area contributed by atoms with Gasteiger partial charge in [-0.15, -0.1) is 13.2 Å². The van der Waals surface area contributed by atoms with Gasteiger partial charge in [0.05, 0.1) is 22.8 Å². The van der Waals surface area contributed by atoms with Crippen LogP contribution >= 0.6 is 0 Å². The summed E-state index contributed by atoms with van der Waals surface area (Å²) in [5.41, 5.74) is 1.16. The van der Waals surface area contributed by atoms with Crippen molar-refractivity contribution in [2.45, 2.75) is 25.3 Å². The van der Waals surface area contributed by atoms with Gasteiger partial charge in [-0.2, -0.15) is 10.5 Å². The lowest BCUT2D eigenvalue weighted by Gasteiger charge is -2.35. The van der Waals surface area contributed by atoms with Crippen molar-refractivity contribution in [1.29, 1.82) is 10.5 Å². The van der Waals surface area contributed by atoms with Crippen LogP contribution in [0.3, 0.4) is 0 Å². The highest BCUT2D eigenvalue weighted by Crippen LogP contribution is 2.32. The second kappa shape index (κ2) is 8.99. The normalized spacial score (nSPS) is 14.5. The minimum Gasteiger partial charge on any atom is -0.490 e. The van der Waals surface area contributed by atoms with E-state index >= 15 is 0 Å². The molecule has 0 saturated carbocycles. The van der Waals surface area contributed by atoms with Gasteiger partial charge in [-0.05, 0) is 42.5 Å². The number of nitrogens with zero attached hydrogens (tertiary/aromatic N) is 4. The Morgan fingerprint density at radius 3 is 2.24 bits per heavy atom. The van der Waals surface area contributed by atoms with E-state index in [4.69, 9.17) is 4.74 Å². The molecule has 1 aliphatic heterocycles. The van der Waals surface area contributed by atoms with Gasteiger partial charge in [0.1, 0.15) is 29.2 Å². The molecule has 7 nitrogen and oxygen atoms in total. The van der Waals surface area contributed by atoms with Crippen LogP contribution in [0.2, 0.25) is 0 Å². The Labute approximate surface area is 192 Å². The molecule has 34 heavy (non-hydrogen) atoms. The predicted octanol–water partition coefficient (Wildman–Crippen LogP) is 4.23. The zero-order valence-corrected chi connectivity index (χ0v) is 18.1. The van der Waals surface area contributed by atoms with Crippen LogP contribution in [0, 0.1) is 22.7 Å². The number of hydrogen-bond donors (Lipinski definition) is 0. The molecule has 10 heteroatoms. The first-order chi connectivity index (χ1) is 16.2. The van der Waals surface area contributed by atoms with Crippen LogP contribution in [0.1, 0.15) is 24.0 Å². The number of benzene rings is 2. The van der Waals surface area contributed by atoms with Gasteiger partial charge in [0.15, 0.2) is 0 Å². The highest BCUT2D eigenvalue weighted by molar-refractivity contribution is 5.95. The van der Waals surface area contributed by atoms with E-state index in [0.717, 1.165) is 0 Å². The quantitative estimate of drug-likeness (QED) is 0.569. The summed E-state index contributed by atoms with van der Waals surface area (Å²) in [5, 5.41) is 19.7. The fourth-order valence-corrected chi connectivity index (χ4v) is 4.14. The van der Waals surface area contributed by atoms with Crippen molar-refractivity contribution in [3.8, 4) is 23.6 Å². The number of aryl methyl sites for hydroxylation is 1. The molecule has 2 aromatic carbocycles. The summed E-state index contributed by atoms with van der Waals surface area (Å²) in [7, 11) is 1.59. The molecular weight excluding hydrogens is 449 g/mol. The monoisotopic (exact) mass is 468 g/mol.